The van der Waals surface area contributed by atoms with E-state index in [4.69, 9.17) is 12.2 Å². The molecule has 2 aromatic carbocycles. The summed E-state index contributed by atoms with van der Waals surface area (Å²) in [5.74, 6) is 0. The first-order valence-electron chi connectivity index (χ1n) is 8.95. The molecule has 0 amide bonds. The Morgan fingerprint density at radius 2 is 1.59 bits per heavy atom. The number of benzene rings is 2. The van der Waals surface area contributed by atoms with E-state index in [1.807, 2.05) is 32.0 Å². The Hall–Kier alpha value is -1.96. The zero-order valence-electron chi connectivity index (χ0n) is 16.2. The minimum absolute atomic E-state index is 0.277. The van der Waals surface area contributed by atoms with Crippen molar-refractivity contribution in [3.05, 3.63) is 53.6 Å². The van der Waals surface area contributed by atoms with Gasteiger partial charge in [0, 0.05) is 25.0 Å². The second-order valence-corrected chi connectivity index (χ2v) is 9.04. The van der Waals surface area contributed by atoms with Crippen LogP contribution < -0.4 is 10.6 Å². The average molecular weight is 406 g/mol. The summed E-state index contributed by atoms with van der Waals surface area (Å²) in [6.07, 6.45) is 1.79. The van der Waals surface area contributed by atoms with Crippen LogP contribution >= 0.6 is 12.2 Å². The van der Waals surface area contributed by atoms with Crippen LogP contribution in [0.25, 0.3) is 0 Å². The molecule has 146 valence electrons. The van der Waals surface area contributed by atoms with E-state index in [-0.39, 0.29) is 4.90 Å². The van der Waals surface area contributed by atoms with Gasteiger partial charge >= 0.3 is 0 Å². The zero-order chi connectivity index (χ0) is 20.0. The molecule has 0 aliphatic carbocycles. The van der Waals surface area contributed by atoms with E-state index in [0.29, 0.717) is 11.7 Å². The van der Waals surface area contributed by atoms with Gasteiger partial charge in [-0.2, -0.15) is 0 Å². The van der Waals surface area contributed by atoms with Gasteiger partial charge in [-0.15, -0.1) is 0 Å². The molecule has 5 nitrogen and oxygen atoms in total. The molecular weight excluding hydrogens is 378 g/mol. The summed E-state index contributed by atoms with van der Waals surface area (Å²) in [5.41, 5.74) is 4.04. The van der Waals surface area contributed by atoms with Gasteiger partial charge in [-0.3, -0.25) is 0 Å². The van der Waals surface area contributed by atoms with Crippen molar-refractivity contribution in [2.45, 2.75) is 38.5 Å². The van der Waals surface area contributed by atoms with Crippen LogP contribution in [0.3, 0.4) is 0 Å². The third-order valence-corrected chi connectivity index (χ3v) is 6.49. The maximum absolute atomic E-state index is 12.5. The van der Waals surface area contributed by atoms with E-state index >= 15 is 0 Å². The van der Waals surface area contributed by atoms with Crippen LogP contribution in [0.5, 0.6) is 0 Å². The van der Waals surface area contributed by atoms with Gasteiger partial charge in [-0.05, 0) is 80.0 Å². The van der Waals surface area contributed by atoms with Crippen molar-refractivity contribution in [2.24, 2.45) is 0 Å². The summed E-state index contributed by atoms with van der Waals surface area (Å²) < 4.78 is 26.5. The normalized spacial score (nSPS) is 11.4. The van der Waals surface area contributed by atoms with Gasteiger partial charge in [0.25, 0.3) is 0 Å². The van der Waals surface area contributed by atoms with Crippen LogP contribution in [0.1, 0.15) is 30.9 Å². The van der Waals surface area contributed by atoms with Crippen molar-refractivity contribution in [3.8, 4) is 0 Å². The molecule has 2 aromatic rings. The lowest BCUT2D eigenvalue weighted by Gasteiger charge is -2.17. The molecule has 0 aromatic heterocycles. The van der Waals surface area contributed by atoms with Crippen LogP contribution in [0.4, 0.5) is 11.4 Å². The summed E-state index contributed by atoms with van der Waals surface area (Å²) in [6, 6.07) is 12.7. The van der Waals surface area contributed by atoms with Gasteiger partial charge in [0.1, 0.15) is 0 Å². The number of nitrogens with zero attached hydrogens (tertiary/aromatic N) is 1. The molecule has 0 radical (unpaired) electrons. The molecule has 0 aliphatic heterocycles. The fourth-order valence-electron chi connectivity index (χ4n) is 2.50. The van der Waals surface area contributed by atoms with E-state index in [2.05, 4.69) is 17.6 Å². The van der Waals surface area contributed by atoms with Gasteiger partial charge in [0.2, 0.25) is 10.0 Å². The number of hydrogen-bond donors (Lipinski definition) is 2. The summed E-state index contributed by atoms with van der Waals surface area (Å²) in [6.45, 7) is 6.66. The molecule has 0 heterocycles. The minimum Gasteiger partial charge on any atom is -0.332 e. The molecule has 27 heavy (non-hydrogen) atoms. The smallest absolute Gasteiger partial charge is 0.242 e. The van der Waals surface area contributed by atoms with Crippen molar-refractivity contribution in [1.82, 2.24) is 4.31 Å². The molecule has 0 unspecified atom stereocenters. The first-order valence-corrected chi connectivity index (χ1v) is 10.8. The van der Waals surface area contributed by atoms with E-state index in [1.165, 1.54) is 15.4 Å². The highest BCUT2D eigenvalue weighted by molar-refractivity contribution is 7.89. The number of aryl methyl sites for hydroxylation is 2. The van der Waals surface area contributed by atoms with E-state index in [0.717, 1.165) is 24.2 Å². The van der Waals surface area contributed by atoms with E-state index in [9.17, 15) is 8.42 Å². The van der Waals surface area contributed by atoms with Crippen LogP contribution in [0.15, 0.2) is 47.4 Å². The molecule has 0 fully saturated rings. The molecule has 2 N–H and O–H groups in total. The number of hydrogen-bond acceptors (Lipinski definition) is 3. The van der Waals surface area contributed by atoms with Crippen LogP contribution in [-0.4, -0.2) is 31.4 Å². The lowest BCUT2D eigenvalue weighted by molar-refractivity contribution is 0.459. The number of unbranched alkanes of at least 4 members (excludes halogenated alkanes) is 1. The monoisotopic (exact) mass is 405 g/mol. The molecule has 0 saturated carbocycles. The highest BCUT2D eigenvalue weighted by atomic mass is 32.2. The first kappa shape index (κ1) is 21.3. The van der Waals surface area contributed by atoms with Gasteiger partial charge in [-0.25, -0.2) is 12.7 Å². The van der Waals surface area contributed by atoms with E-state index in [1.54, 1.807) is 31.3 Å². The van der Waals surface area contributed by atoms with Crippen molar-refractivity contribution in [1.29, 1.82) is 0 Å². The number of thiocarbonyl (C=S) groups is 1. The number of nitrogens with one attached hydrogen (secondary N) is 2. The summed E-state index contributed by atoms with van der Waals surface area (Å²) >= 11 is 5.34. The predicted molar refractivity (Wildman–Crippen MR) is 117 cm³/mol. The average Bonchev–Trinajstić information content (AvgIpc) is 2.63. The third kappa shape index (κ3) is 5.76. The SMILES string of the molecule is CCCCN(C)S(=O)(=O)c1ccc(NC(=S)Nc2ccc(C)c(C)c2)cc1. The number of anilines is 2. The van der Waals surface area contributed by atoms with E-state index < -0.39 is 10.0 Å². The molecule has 0 bridgehead atoms. The minimum atomic E-state index is -3.46. The summed E-state index contributed by atoms with van der Waals surface area (Å²) in [4.78, 5) is 0.277. The Morgan fingerprint density at radius 3 is 2.19 bits per heavy atom. The fourth-order valence-corrected chi connectivity index (χ4v) is 3.95. The van der Waals surface area contributed by atoms with Gasteiger partial charge in [0.15, 0.2) is 5.11 Å². The number of rotatable bonds is 7. The lowest BCUT2D eigenvalue weighted by atomic mass is 10.1. The Morgan fingerprint density at radius 1 is 1.00 bits per heavy atom. The second kappa shape index (κ2) is 9.30. The van der Waals surface area contributed by atoms with Gasteiger partial charge < -0.3 is 10.6 Å². The maximum Gasteiger partial charge on any atom is 0.242 e. The van der Waals surface area contributed by atoms with Crippen LogP contribution in [-0.2, 0) is 10.0 Å². The first-order chi connectivity index (χ1) is 12.7. The zero-order valence-corrected chi connectivity index (χ0v) is 17.9. The second-order valence-electron chi connectivity index (χ2n) is 6.58. The maximum atomic E-state index is 12.5. The number of sulfonamides is 1. The van der Waals surface area contributed by atoms with Crippen LogP contribution in [0.2, 0.25) is 0 Å². The quantitative estimate of drug-likeness (QED) is 0.663. The van der Waals surface area contributed by atoms with Gasteiger partial charge in [-0.1, -0.05) is 19.4 Å². The lowest BCUT2D eigenvalue weighted by Crippen LogP contribution is -2.28. The van der Waals surface area contributed by atoms with Gasteiger partial charge in [0.05, 0.1) is 4.90 Å². The third-order valence-electron chi connectivity index (χ3n) is 4.41. The Bertz CT molecular complexity index is 894. The predicted octanol–water partition coefficient (Wildman–Crippen LogP) is 4.53. The topological polar surface area (TPSA) is 61.4 Å². The summed E-state index contributed by atoms with van der Waals surface area (Å²) in [5, 5.41) is 6.67. The molecule has 2 rings (SSSR count). The molecule has 0 saturated heterocycles. The highest BCUT2D eigenvalue weighted by Gasteiger charge is 2.19. The molecule has 0 atom stereocenters. The Labute approximate surface area is 167 Å². The summed E-state index contributed by atoms with van der Waals surface area (Å²) in [7, 11) is -1.85. The van der Waals surface area contributed by atoms with Crippen molar-refractivity contribution in [3.63, 3.8) is 0 Å². The largest absolute Gasteiger partial charge is 0.332 e. The van der Waals surface area contributed by atoms with Crippen molar-refractivity contribution < 1.29 is 8.42 Å². The molecular formula is C20H27N3O2S2. The highest BCUT2D eigenvalue weighted by Crippen LogP contribution is 2.19. The fraction of sp³-hybridized carbons (Fsp3) is 0.350. The molecule has 7 heteroatoms. The Kier molecular flexibility index (Phi) is 7.35. The van der Waals surface area contributed by atoms with Crippen molar-refractivity contribution >= 4 is 38.7 Å². The van der Waals surface area contributed by atoms with Crippen molar-refractivity contribution in [2.75, 3.05) is 24.2 Å². The standard InChI is InChI=1S/C20H27N3O2S2/c1-5-6-13-23(4)27(24,25)19-11-9-17(10-12-19)21-20(26)22-18-8-7-15(2)16(3)14-18/h7-12,14H,5-6,13H2,1-4H3,(H2,21,22,26). The Balaban J connectivity index is 2.02. The van der Waals surface area contributed by atoms with Crippen LogP contribution in [0, 0.1) is 13.8 Å². The molecule has 0 spiro atoms. The molecule has 0 aliphatic rings.